The van der Waals surface area contributed by atoms with Crippen LogP contribution in [-0.2, 0) is 6.42 Å². The van der Waals surface area contributed by atoms with Crippen molar-refractivity contribution in [2.45, 2.75) is 25.4 Å². The van der Waals surface area contributed by atoms with Crippen LogP contribution in [0, 0.1) is 0 Å². The van der Waals surface area contributed by atoms with Gasteiger partial charge in [-0.2, -0.15) is 0 Å². The van der Waals surface area contributed by atoms with E-state index in [2.05, 4.69) is 9.88 Å². The monoisotopic (exact) mass is 324 g/mol. The molecule has 7 heteroatoms. The molecule has 0 saturated carbocycles. The lowest BCUT2D eigenvalue weighted by molar-refractivity contribution is -0.419. The third-order valence-corrected chi connectivity index (χ3v) is 3.89. The summed E-state index contributed by atoms with van der Waals surface area (Å²) in [4.78, 5) is 5.56. The predicted octanol–water partition coefficient (Wildman–Crippen LogP) is 0.382. The van der Waals surface area contributed by atoms with Crippen LogP contribution in [0.1, 0.15) is 18.4 Å². The molecule has 0 spiro atoms. The smallest absolute Gasteiger partial charge is 0.416 e. The Morgan fingerprint density at radius 1 is 1.17 bits per heavy atom. The summed E-state index contributed by atoms with van der Waals surface area (Å²) >= 11 is 0. The Kier molecular flexibility index (Phi) is 5.97. The third-order valence-electron chi connectivity index (χ3n) is 3.89. The zero-order valence-corrected chi connectivity index (χ0v) is 13.2. The van der Waals surface area contributed by atoms with Gasteiger partial charge in [-0.3, -0.25) is 0 Å². The quantitative estimate of drug-likeness (QED) is 0.509. The van der Waals surface area contributed by atoms with Gasteiger partial charge >= 0.3 is 6.16 Å². The number of benzene rings is 1. The van der Waals surface area contributed by atoms with Crippen LogP contribution in [0.4, 0.5) is 0 Å². The van der Waals surface area contributed by atoms with E-state index < -0.39 is 6.16 Å². The van der Waals surface area contributed by atoms with Gasteiger partial charge in [0.25, 0.3) is 0 Å². The van der Waals surface area contributed by atoms with Crippen LogP contribution >= 0.6 is 0 Å². The molecule has 1 aromatic carbocycles. The van der Waals surface area contributed by atoms with Crippen LogP contribution in [0.25, 0.3) is 10.9 Å². The van der Waals surface area contributed by atoms with Crippen molar-refractivity contribution >= 4 is 10.9 Å². The van der Waals surface area contributed by atoms with E-state index >= 15 is 0 Å². The highest BCUT2D eigenvalue weighted by atomic mass is 16.9. The molecule has 0 radical (unpaired) electrons. The molecule has 7 nitrogen and oxygen atoms in total. The Morgan fingerprint density at radius 3 is 2.52 bits per heavy atom. The average Bonchev–Trinajstić information content (AvgIpc) is 3.15. The van der Waals surface area contributed by atoms with E-state index in [-0.39, 0.29) is 5.75 Å². The summed E-state index contributed by atoms with van der Waals surface area (Å²) in [5, 5.41) is 34.9. The number of rotatable bonds is 5. The lowest BCUT2D eigenvalue weighted by atomic mass is 10.1. The van der Waals surface area contributed by atoms with Gasteiger partial charge in [0, 0.05) is 30.8 Å². The number of aliphatic hydroxyl groups is 4. The van der Waals surface area contributed by atoms with E-state index in [0.717, 1.165) is 49.6 Å². The van der Waals surface area contributed by atoms with Crippen LogP contribution in [0.15, 0.2) is 24.4 Å². The van der Waals surface area contributed by atoms with Crippen molar-refractivity contribution in [3.63, 3.8) is 0 Å². The van der Waals surface area contributed by atoms with Gasteiger partial charge in [0.05, 0.1) is 0 Å². The Labute approximate surface area is 134 Å². The number of aliphatic hydroxyl groups excluding tert-OH is 1. The molecule has 0 unspecified atom stereocenters. The van der Waals surface area contributed by atoms with Crippen molar-refractivity contribution in [1.29, 1.82) is 0 Å². The number of fused-ring (bicyclic) bond motifs is 1. The fourth-order valence-electron chi connectivity index (χ4n) is 2.93. The average molecular weight is 324 g/mol. The minimum Gasteiger partial charge on any atom is -0.416 e. The zero-order valence-electron chi connectivity index (χ0n) is 13.2. The summed E-state index contributed by atoms with van der Waals surface area (Å²) < 4.78 is 4.82. The standard InChI is InChI=1S/C15H20N2O4.CH4O/c18-15(19,20)21-13-5-3-4-12-14(13)11(10-16-12)6-9-17-7-1-2-8-17;1-2/h3-5,10,16,18-20H,1-2,6-9H2;2H,1H3. The van der Waals surface area contributed by atoms with E-state index in [1.54, 1.807) is 12.1 Å². The molecule has 2 aromatic rings. The number of hydrogen-bond donors (Lipinski definition) is 5. The number of nitrogens with zero attached hydrogens (tertiary/aromatic N) is 1. The first-order chi connectivity index (χ1) is 11.0. The van der Waals surface area contributed by atoms with Gasteiger partial charge in [-0.25, -0.2) is 0 Å². The Bertz CT molecular complexity index is 614. The van der Waals surface area contributed by atoms with Crippen molar-refractivity contribution in [2.24, 2.45) is 0 Å². The van der Waals surface area contributed by atoms with Crippen molar-refractivity contribution in [1.82, 2.24) is 9.88 Å². The predicted molar refractivity (Wildman–Crippen MR) is 85.8 cm³/mol. The molecular formula is C16H24N2O5. The maximum absolute atomic E-state index is 9.03. The van der Waals surface area contributed by atoms with Gasteiger partial charge in [0.2, 0.25) is 0 Å². The number of ether oxygens (including phenoxy) is 1. The van der Waals surface area contributed by atoms with Gasteiger partial charge in [-0.05, 0) is 50.0 Å². The van der Waals surface area contributed by atoms with Gasteiger partial charge in [-0.15, -0.1) is 0 Å². The van der Waals surface area contributed by atoms with Gasteiger partial charge in [0.15, 0.2) is 0 Å². The van der Waals surface area contributed by atoms with Crippen molar-refractivity contribution in [3.05, 3.63) is 30.0 Å². The fourth-order valence-corrected chi connectivity index (χ4v) is 2.93. The molecule has 0 bridgehead atoms. The van der Waals surface area contributed by atoms with E-state index in [1.807, 2.05) is 12.3 Å². The summed E-state index contributed by atoms with van der Waals surface area (Å²) in [7, 11) is 1.00. The Morgan fingerprint density at radius 2 is 1.87 bits per heavy atom. The molecule has 0 amide bonds. The summed E-state index contributed by atoms with van der Waals surface area (Å²) in [5.74, 6) is 0.248. The summed E-state index contributed by atoms with van der Waals surface area (Å²) in [6.07, 6.45) is 2.09. The summed E-state index contributed by atoms with van der Waals surface area (Å²) in [6, 6.07) is 5.21. The van der Waals surface area contributed by atoms with Crippen LogP contribution in [0.5, 0.6) is 5.75 Å². The fraction of sp³-hybridized carbons (Fsp3) is 0.500. The molecule has 1 fully saturated rings. The molecule has 0 aliphatic carbocycles. The maximum Gasteiger partial charge on any atom is 0.453 e. The van der Waals surface area contributed by atoms with E-state index in [0.29, 0.717) is 0 Å². The number of H-pyrrole nitrogens is 1. The van der Waals surface area contributed by atoms with Gasteiger partial charge in [0.1, 0.15) is 5.75 Å². The molecule has 3 rings (SSSR count). The molecule has 2 heterocycles. The number of aromatic amines is 1. The lowest BCUT2D eigenvalue weighted by Crippen LogP contribution is -2.34. The topological polar surface area (TPSA) is 109 Å². The molecule has 23 heavy (non-hydrogen) atoms. The largest absolute Gasteiger partial charge is 0.453 e. The van der Waals surface area contributed by atoms with Crippen molar-refractivity contribution in [3.8, 4) is 5.75 Å². The van der Waals surface area contributed by atoms with Crippen LogP contribution in [0.3, 0.4) is 0 Å². The number of aromatic nitrogens is 1. The second kappa shape index (κ2) is 7.76. The Balaban J connectivity index is 0.000000924. The minimum absolute atomic E-state index is 0.248. The maximum atomic E-state index is 9.03. The molecule has 1 aromatic heterocycles. The number of hydrogen-bond acceptors (Lipinski definition) is 6. The summed E-state index contributed by atoms with van der Waals surface area (Å²) in [5.41, 5.74) is 1.88. The second-order valence-corrected chi connectivity index (χ2v) is 5.47. The minimum atomic E-state index is -3.17. The van der Waals surface area contributed by atoms with Gasteiger partial charge < -0.3 is 35.0 Å². The number of likely N-dealkylation sites (tertiary alicyclic amines) is 1. The van der Waals surface area contributed by atoms with Crippen molar-refractivity contribution in [2.75, 3.05) is 26.7 Å². The van der Waals surface area contributed by atoms with E-state index in [4.69, 9.17) is 25.2 Å². The second-order valence-electron chi connectivity index (χ2n) is 5.47. The molecule has 0 atom stereocenters. The Hall–Kier alpha value is -1.64. The SMILES string of the molecule is CO.OC(O)(O)Oc1cccc2[nH]cc(CCN3CCCC3)c12. The molecule has 1 saturated heterocycles. The van der Waals surface area contributed by atoms with E-state index in [9.17, 15) is 0 Å². The van der Waals surface area contributed by atoms with Crippen LogP contribution < -0.4 is 4.74 Å². The molecule has 128 valence electrons. The first-order valence-electron chi connectivity index (χ1n) is 7.65. The lowest BCUT2D eigenvalue weighted by Gasteiger charge is -2.17. The zero-order chi connectivity index (χ0) is 16.9. The van der Waals surface area contributed by atoms with Gasteiger partial charge in [-0.1, -0.05) is 6.07 Å². The van der Waals surface area contributed by atoms with Crippen molar-refractivity contribution < 1.29 is 25.2 Å². The third kappa shape index (κ3) is 4.66. The normalized spacial score (nSPS) is 15.5. The molecule has 5 N–H and O–H groups in total. The molecular weight excluding hydrogens is 300 g/mol. The highest BCUT2D eigenvalue weighted by Crippen LogP contribution is 2.30. The summed E-state index contributed by atoms with van der Waals surface area (Å²) in [6.45, 7) is 3.24. The highest BCUT2D eigenvalue weighted by Gasteiger charge is 2.23. The molecule has 1 aliphatic heterocycles. The first kappa shape index (κ1) is 17.7. The number of nitrogens with one attached hydrogen (secondary N) is 1. The van der Waals surface area contributed by atoms with Crippen LogP contribution in [0.2, 0.25) is 0 Å². The van der Waals surface area contributed by atoms with E-state index in [1.165, 1.54) is 12.8 Å². The first-order valence-corrected chi connectivity index (χ1v) is 7.65. The molecule has 1 aliphatic rings. The highest BCUT2D eigenvalue weighted by molar-refractivity contribution is 5.89. The van der Waals surface area contributed by atoms with Crippen LogP contribution in [-0.4, -0.2) is 63.2 Å².